The van der Waals surface area contributed by atoms with Gasteiger partial charge in [-0.15, -0.1) is 0 Å². The van der Waals surface area contributed by atoms with E-state index in [1.807, 2.05) is 13.8 Å². The molecule has 3 heterocycles. The summed E-state index contributed by atoms with van der Waals surface area (Å²) in [6, 6.07) is 2.08. The van der Waals surface area contributed by atoms with Gasteiger partial charge in [-0.1, -0.05) is 12.5 Å². The molecule has 5 nitrogen and oxygen atoms in total. The Labute approximate surface area is 167 Å². The monoisotopic (exact) mass is 379 g/mol. The van der Waals surface area contributed by atoms with Crippen molar-refractivity contribution in [1.29, 1.82) is 0 Å². The fourth-order valence-corrected chi connectivity index (χ4v) is 4.26. The van der Waals surface area contributed by atoms with Gasteiger partial charge in [-0.3, -0.25) is 9.79 Å². The number of anilines is 1. The molecule has 28 heavy (non-hydrogen) atoms. The van der Waals surface area contributed by atoms with Crippen molar-refractivity contribution < 1.29 is 9.53 Å². The Kier molecular flexibility index (Phi) is 6.51. The lowest BCUT2D eigenvalue weighted by molar-refractivity contribution is -0.114. The van der Waals surface area contributed by atoms with Crippen LogP contribution in [0.25, 0.3) is 0 Å². The number of aromatic nitrogens is 1. The Morgan fingerprint density at radius 3 is 3.11 bits per heavy atom. The molecule has 0 saturated carbocycles. The number of hydrogen-bond acceptors (Lipinski definition) is 5. The number of aliphatic imine (C=N–C) groups is 1. The van der Waals surface area contributed by atoms with E-state index in [1.165, 1.54) is 0 Å². The van der Waals surface area contributed by atoms with Gasteiger partial charge in [0.25, 0.3) is 0 Å². The minimum absolute atomic E-state index is 0.0420. The Bertz CT molecular complexity index is 847. The molecule has 2 aliphatic rings. The maximum atomic E-state index is 11.8. The number of nitrogens with zero attached hydrogens (tertiary/aromatic N) is 3. The summed E-state index contributed by atoms with van der Waals surface area (Å²) >= 11 is 0. The lowest BCUT2D eigenvalue weighted by atomic mass is 9.85. The molecule has 148 valence electrons. The van der Waals surface area contributed by atoms with Crippen LogP contribution in [0.2, 0.25) is 0 Å². The van der Waals surface area contributed by atoms with Gasteiger partial charge >= 0.3 is 0 Å². The molecule has 0 aliphatic carbocycles. The van der Waals surface area contributed by atoms with E-state index >= 15 is 0 Å². The second kappa shape index (κ2) is 9.05. The number of hydrogen-bond donors (Lipinski definition) is 0. The van der Waals surface area contributed by atoms with Crippen molar-refractivity contribution in [1.82, 2.24) is 4.98 Å². The van der Waals surface area contributed by atoms with Crippen LogP contribution in [0.3, 0.4) is 0 Å². The number of ketones is 1. The zero-order valence-corrected chi connectivity index (χ0v) is 17.1. The largest absolute Gasteiger partial charge is 0.489 e. The van der Waals surface area contributed by atoms with Crippen LogP contribution in [0.15, 0.2) is 23.8 Å². The molecule has 0 radical (unpaired) electrons. The molecule has 1 fully saturated rings. The first-order chi connectivity index (χ1) is 13.5. The van der Waals surface area contributed by atoms with E-state index in [0.29, 0.717) is 24.9 Å². The Morgan fingerprint density at radius 1 is 1.54 bits per heavy atom. The molecule has 2 atom stereocenters. The highest BCUT2D eigenvalue weighted by atomic mass is 16.5. The molecule has 0 amide bonds. The Morgan fingerprint density at radius 2 is 2.36 bits per heavy atom. The quantitative estimate of drug-likeness (QED) is 0.442. The topological polar surface area (TPSA) is 54.8 Å². The van der Waals surface area contributed by atoms with Crippen LogP contribution in [-0.2, 0) is 4.79 Å². The zero-order valence-electron chi connectivity index (χ0n) is 17.1. The molecule has 0 N–H and O–H groups in total. The van der Waals surface area contributed by atoms with E-state index in [4.69, 9.17) is 9.72 Å². The number of ether oxygens (including phenoxy) is 1. The third-order valence-corrected chi connectivity index (χ3v) is 5.67. The number of pyridine rings is 1. The first kappa shape index (κ1) is 20.1. The van der Waals surface area contributed by atoms with Gasteiger partial charge in [0.1, 0.15) is 0 Å². The third kappa shape index (κ3) is 4.44. The van der Waals surface area contributed by atoms with Gasteiger partial charge in [0.15, 0.2) is 11.6 Å². The van der Waals surface area contributed by atoms with Crippen molar-refractivity contribution in [2.75, 3.05) is 24.6 Å². The van der Waals surface area contributed by atoms with E-state index < -0.39 is 0 Å². The molecule has 2 bridgehead atoms. The molecule has 2 aliphatic heterocycles. The molecule has 0 aromatic carbocycles. The minimum atomic E-state index is 0.0420. The van der Waals surface area contributed by atoms with Crippen molar-refractivity contribution in [3.8, 4) is 17.6 Å². The van der Waals surface area contributed by atoms with Crippen LogP contribution in [0, 0.1) is 30.6 Å². The standard InChI is InChI=1S/C23H29N3O2/c1-5-8-20(27)11-10-18-9-7-12-26-14-19(18)15-28-21-13-16(3)22(25-23(21)26)17(4)24-6-2/h6,13,18-19H,2,7,9-12,14-15H2,1,3-4H3/t18?,19-/m0/s1. The van der Waals surface area contributed by atoms with E-state index in [2.05, 4.69) is 34.4 Å². The average molecular weight is 380 g/mol. The van der Waals surface area contributed by atoms with Crippen LogP contribution in [-0.4, -0.2) is 36.2 Å². The van der Waals surface area contributed by atoms with Gasteiger partial charge in [0, 0.05) is 31.6 Å². The van der Waals surface area contributed by atoms with Crippen molar-refractivity contribution in [3.63, 3.8) is 0 Å². The predicted molar refractivity (Wildman–Crippen MR) is 113 cm³/mol. The van der Waals surface area contributed by atoms with Crippen molar-refractivity contribution in [3.05, 3.63) is 30.1 Å². The molecule has 1 unspecified atom stereocenters. The summed E-state index contributed by atoms with van der Waals surface area (Å²) in [4.78, 5) is 23.4. The second-order valence-corrected chi connectivity index (χ2v) is 7.63. The smallest absolute Gasteiger partial charge is 0.205 e. The number of carbonyl (C=O) groups excluding carboxylic acids is 1. The summed E-state index contributed by atoms with van der Waals surface area (Å²) in [5, 5.41) is 0. The molecular weight excluding hydrogens is 350 g/mol. The number of Topliss-reactive ketones (excluding diaryl/α,β-unsaturated/α-hetero) is 1. The van der Waals surface area contributed by atoms with Gasteiger partial charge in [0.2, 0.25) is 5.78 Å². The Hall–Kier alpha value is -2.61. The molecular formula is C23H29N3O2. The fraction of sp³-hybridized carbons (Fsp3) is 0.522. The van der Waals surface area contributed by atoms with Crippen LogP contribution < -0.4 is 9.64 Å². The first-order valence-corrected chi connectivity index (χ1v) is 10.0. The van der Waals surface area contributed by atoms with E-state index in [0.717, 1.165) is 60.9 Å². The predicted octanol–water partition coefficient (Wildman–Crippen LogP) is 3.94. The van der Waals surface area contributed by atoms with E-state index in [1.54, 1.807) is 13.1 Å². The third-order valence-electron chi connectivity index (χ3n) is 5.67. The zero-order chi connectivity index (χ0) is 20.1. The van der Waals surface area contributed by atoms with Crippen LogP contribution >= 0.6 is 0 Å². The average Bonchev–Trinajstić information content (AvgIpc) is 2.97. The summed E-state index contributed by atoms with van der Waals surface area (Å²) in [6.07, 6.45) is 5.18. The van der Waals surface area contributed by atoms with Gasteiger partial charge in [-0.2, -0.15) is 0 Å². The van der Waals surface area contributed by atoms with Gasteiger partial charge in [-0.25, -0.2) is 4.98 Å². The summed E-state index contributed by atoms with van der Waals surface area (Å²) in [6.45, 7) is 11.9. The summed E-state index contributed by atoms with van der Waals surface area (Å²) in [7, 11) is 0. The second-order valence-electron chi connectivity index (χ2n) is 7.63. The van der Waals surface area contributed by atoms with Crippen molar-refractivity contribution in [2.45, 2.75) is 46.5 Å². The number of fused-ring (bicyclic) bond motifs is 4. The number of aryl methyl sites for hydroxylation is 1. The molecule has 3 rings (SSSR count). The first-order valence-electron chi connectivity index (χ1n) is 10.0. The molecule has 5 heteroatoms. The SMILES string of the molecule is C=CN=C(C)c1nc2c(cc1C)OC[C@@H]1CN2CCCC1CCC(=O)C#CC. The van der Waals surface area contributed by atoms with Crippen molar-refractivity contribution in [2.24, 2.45) is 16.8 Å². The lowest BCUT2D eigenvalue weighted by Crippen LogP contribution is -2.31. The van der Waals surface area contributed by atoms with Gasteiger partial charge in [-0.05, 0) is 63.5 Å². The van der Waals surface area contributed by atoms with Gasteiger partial charge < -0.3 is 9.64 Å². The van der Waals surface area contributed by atoms with Crippen LogP contribution in [0.5, 0.6) is 5.75 Å². The normalized spacial score (nSPS) is 21.4. The maximum Gasteiger partial charge on any atom is 0.205 e. The molecule has 1 aromatic heterocycles. The van der Waals surface area contributed by atoms with Gasteiger partial charge in [0.05, 0.1) is 18.0 Å². The highest BCUT2D eigenvalue weighted by molar-refractivity contribution is 5.99. The summed E-state index contributed by atoms with van der Waals surface area (Å²) in [5.74, 6) is 8.04. The molecule has 0 spiro atoms. The summed E-state index contributed by atoms with van der Waals surface area (Å²) < 4.78 is 6.20. The number of rotatable bonds is 5. The highest BCUT2D eigenvalue weighted by Gasteiger charge is 2.33. The number of carbonyl (C=O) groups is 1. The van der Waals surface area contributed by atoms with E-state index in [-0.39, 0.29) is 5.78 Å². The Balaban J connectivity index is 1.83. The van der Waals surface area contributed by atoms with Crippen LogP contribution in [0.4, 0.5) is 5.82 Å². The maximum absolute atomic E-state index is 11.8. The van der Waals surface area contributed by atoms with E-state index in [9.17, 15) is 4.79 Å². The fourth-order valence-electron chi connectivity index (χ4n) is 4.26. The molecule has 1 aromatic rings. The summed E-state index contributed by atoms with van der Waals surface area (Å²) in [5.41, 5.74) is 2.81. The highest BCUT2D eigenvalue weighted by Crippen LogP contribution is 2.38. The lowest BCUT2D eigenvalue weighted by Gasteiger charge is -2.25. The minimum Gasteiger partial charge on any atom is -0.489 e. The van der Waals surface area contributed by atoms with Crippen LogP contribution in [0.1, 0.15) is 50.8 Å². The molecule has 1 saturated heterocycles. The van der Waals surface area contributed by atoms with Crippen molar-refractivity contribution >= 4 is 17.3 Å².